The van der Waals surface area contributed by atoms with Gasteiger partial charge in [0.1, 0.15) is 0 Å². The Balaban J connectivity index is 1.48. The van der Waals surface area contributed by atoms with E-state index >= 15 is 0 Å². The minimum atomic E-state index is -0.167. The minimum absolute atomic E-state index is 0.0501. The highest BCUT2D eigenvalue weighted by Gasteiger charge is 2.19. The average molecular weight is 430 g/mol. The molecule has 8 heteroatoms. The first-order valence-electron chi connectivity index (χ1n) is 10.5. The van der Waals surface area contributed by atoms with Gasteiger partial charge in [-0.2, -0.15) is 11.3 Å². The molecule has 1 aliphatic heterocycles. The number of nitrogens with zero attached hydrogens (tertiary/aromatic N) is 2. The maximum absolute atomic E-state index is 12.3. The number of amides is 3. The van der Waals surface area contributed by atoms with Crippen LogP contribution in [0.1, 0.15) is 31.0 Å². The molecular weight excluding hydrogens is 398 g/mol. The number of anilines is 1. The molecule has 0 aliphatic carbocycles. The molecule has 1 aliphatic rings. The van der Waals surface area contributed by atoms with E-state index in [1.807, 2.05) is 24.3 Å². The molecule has 3 amide bonds. The lowest BCUT2D eigenvalue weighted by Gasteiger charge is -2.29. The van der Waals surface area contributed by atoms with Gasteiger partial charge in [-0.3, -0.25) is 9.69 Å². The van der Waals surface area contributed by atoms with Crippen molar-refractivity contribution in [3.8, 4) is 0 Å². The Morgan fingerprint density at radius 1 is 1.20 bits per heavy atom. The van der Waals surface area contributed by atoms with Crippen LogP contribution in [0.5, 0.6) is 0 Å². The molecule has 1 fully saturated rings. The van der Waals surface area contributed by atoms with E-state index in [0.29, 0.717) is 26.2 Å². The molecule has 3 N–H and O–H groups in total. The molecule has 0 saturated carbocycles. The first kappa shape index (κ1) is 22.1. The quantitative estimate of drug-likeness (QED) is 0.573. The van der Waals surface area contributed by atoms with Crippen LogP contribution in [0, 0.1) is 0 Å². The van der Waals surface area contributed by atoms with E-state index in [1.165, 1.54) is 5.56 Å². The number of nitrogens with one attached hydrogen (secondary N) is 3. The van der Waals surface area contributed by atoms with Crippen LogP contribution >= 0.6 is 11.3 Å². The molecule has 1 aromatic carbocycles. The molecule has 1 aromatic heterocycles. The molecule has 2 aromatic rings. The number of carbonyl (C=O) groups excluding carboxylic acids is 2. The summed E-state index contributed by atoms with van der Waals surface area (Å²) in [5.74, 6) is 0.0501. The number of urea groups is 1. The Morgan fingerprint density at radius 2 is 1.97 bits per heavy atom. The Kier molecular flexibility index (Phi) is 8.10. The Morgan fingerprint density at radius 3 is 2.60 bits per heavy atom. The molecule has 1 unspecified atom stereocenters. The average Bonchev–Trinajstić information content (AvgIpc) is 3.30. The molecule has 1 atom stereocenters. The molecule has 30 heavy (non-hydrogen) atoms. The summed E-state index contributed by atoms with van der Waals surface area (Å²) in [5.41, 5.74) is 3.29. The van der Waals surface area contributed by atoms with Crippen molar-refractivity contribution in [2.45, 2.75) is 26.4 Å². The van der Waals surface area contributed by atoms with Gasteiger partial charge in [0.05, 0.1) is 12.6 Å². The number of thiophene rings is 1. The van der Waals surface area contributed by atoms with Gasteiger partial charge in [-0.1, -0.05) is 26.0 Å². The van der Waals surface area contributed by atoms with Crippen LogP contribution < -0.4 is 20.9 Å². The number of likely N-dealkylation sites (N-methyl/N-ethyl adjacent to an activating group) is 1. The summed E-state index contributed by atoms with van der Waals surface area (Å²) in [5, 5.41) is 13.0. The van der Waals surface area contributed by atoms with Crippen molar-refractivity contribution in [3.63, 3.8) is 0 Å². The normalized spacial score (nSPS) is 15.0. The van der Waals surface area contributed by atoms with Crippen molar-refractivity contribution >= 4 is 29.0 Å². The molecule has 7 nitrogen and oxygen atoms in total. The summed E-state index contributed by atoms with van der Waals surface area (Å²) >= 11 is 1.68. The zero-order valence-electron chi connectivity index (χ0n) is 17.7. The lowest BCUT2D eigenvalue weighted by atomic mass is 10.1. The van der Waals surface area contributed by atoms with Gasteiger partial charge in [-0.15, -0.1) is 0 Å². The minimum Gasteiger partial charge on any atom is -0.360 e. The zero-order chi connectivity index (χ0) is 21.3. The SMILES string of the molecule is CCN(CC)C(CNC(=O)NCc1ccc(N2CCNC(=O)C2)cc1)c1ccsc1. The first-order valence-corrected chi connectivity index (χ1v) is 11.4. The fraction of sp³-hybridized carbons (Fsp3) is 0.455. The Labute approximate surface area is 182 Å². The fourth-order valence-corrected chi connectivity index (χ4v) is 4.41. The van der Waals surface area contributed by atoms with Gasteiger partial charge < -0.3 is 20.9 Å². The number of carbonyl (C=O) groups is 2. The van der Waals surface area contributed by atoms with Crippen molar-refractivity contribution in [1.29, 1.82) is 0 Å². The highest BCUT2D eigenvalue weighted by molar-refractivity contribution is 7.07. The van der Waals surface area contributed by atoms with E-state index in [-0.39, 0.29) is 18.0 Å². The largest absolute Gasteiger partial charge is 0.360 e. The lowest BCUT2D eigenvalue weighted by molar-refractivity contribution is -0.120. The summed E-state index contributed by atoms with van der Waals surface area (Å²) < 4.78 is 0. The van der Waals surface area contributed by atoms with Crippen molar-refractivity contribution < 1.29 is 9.59 Å². The molecule has 1 saturated heterocycles. The van der Waals surface area contributed by atoms with Gasteiger partial charge >= 0.3 is 6.03 Å². The lowest BCUT2D eigenvalue weighted by Crippen LogP contribution is -2.47. The monoisotopic (exact) mass is 429 g/mol. The third-order valence-electron chi connectivity index (χ3n) is 5.43. The standard InChI is InChI=1S/C22H31N5O2S/c1-3-26(4-2)20(18-9-12-30-16-18)14-25-22(29)24-13-17-5-7-19(8-6-17)27-11-10-23-21(28)15-27/h5-9,12,16,20H,3-4,10-11,13-15H2,1-2H3,(H,23,28)(H2,24,25,29). The van der Waals surface area contributed by atoms with E-state index in [9.17, 15) is 9.59 Å². The van der Waals surface area contributed by atoms with Crippen LogP contribution in [0.25, 0.3) is 0 Å². The van der Waals surface area contributed by atoms with Crippen LogP contribution in [0.4, 0.5) is 10.5 Å². The van der Waals surface area contributed by atoms with E-state index in [1.54, 1.807) is 11.3 Å². The van der Waals surface area contributed by atoms with Gasteiger partial charge in [0.25, 0.3) is 0 Å². The van der Waals surface area contributed by atoms with Gasteiger partial charge in [-0.25, -0.2) is 4.79 Å². The maximum Gasteiger partial charge on any atom is 0.315 e. The predicted octanol–water partition coefficient (Wildman–Crippen LogP) is 2.57. The fourth-order valence-electron chi connectivity index (χ4n) is 3.70. The number of hydrogen-bond donors (Lipinski definition) is 3. The third-order valence-corrected chi connectivity index (χ3v) is 6.13. The summed E-state index contributed by atoms with van der Waals surface area (Å²) in [7, 11) is 0. The number of rotatable bonds is 9. The van der Waals surface area contributed by atoms with E-state index < -0.39 is 0 Å². The molecule has 3 rings (SSSR count). The highest BCUT2D eigenvalue weighted by atomic mass is 32.1. The topological polar surface area (TPSA) is 76.7 Å². The second kappa shape index (κ2) is 11.0. The molecule has 2 heterocycles. The van der Waals surface area contributed by atoms with Crippen LogP contribution in [-0.4, -0.2) is 56.1 Å². The molecule has 0 bridgehead atoms. The van der Waals surface area contributed by atoms with Crippen molar-refractivity contribution in [2.75, 3.05) is 44.2 Å². The number of piperazine rings is 1. The van der Waals surface area contributed by atoms with Crippen LogP contribution in [-0.2, 0) is 11.3 Å². The molecule has 0 spiro atoms. The van der Waals surface area contributed by atoms with Gasteiger partial charge in [0, 0.05) is 31.9 Å². The molecular formula is C22H31N5O2S. The Bertz CT molecular complexity index is 805. The van der Waals surface area contributed by atoms with Crippen LogP contribution in [0.3, 0.4) is 0 Å². The second-order valence-corrected chi connectivity index (χ2v) is 8.08. The zero-order valence-corrected chi connectivity index (χ0v) is 18.5. The van der Waals surface area contributed by atoms with Crippen molar-refractivity contribution in [3.05, 3.63) is 52.2 Å². The van der Waals surface area contributed by atoms with Crippen LogP contribution in [0.2, 0.25) is 0 Å². The van der Waals surface area contributed by atoms with E-state index in [4.69, 9.17) is 0 Å². The predicted molar refractivity (Wildman–Crippen MR) is 122 cm³/mol. The molecule has 162 valence electrons. The summed E-state index contributed by atoms with van der Waals surface area (Å²) in [4.78, 5) is 28.3. The van der Waals surface area contributed by atoms with E-state index in [2.05, 4.69) is 56.4 Å². The second-order valence-electron chi connectivity index (χ2n) is 7.30. The number of hydrogen-bond acceptors (Lipinski definition) is 5. The molecule has 0 radical (unpaired) electrons. The van der Waals surface area contributed by atoms with Crippen molar-refractivity contribution in [1.82, 2.24) is 20.9 Å². The smallest absolute Gasteiger partial charge is 0.315 e. The Hall–Kier alpha value is -2.58. The highest BCUT2D eigenvalue weighted by Crippen LogP contribution is 2.22. The van der Waals surface area contributed by atoms with Gasteiger partial charge in [-0.05, 0) is 53.2 Å². The first-order chi connectivity index (χ1) is 14.6. The van der Waals surface area contributed by atoms with Crippen molar-refractivity contribution in [2.24, 2.45) is 0 Å². The maximum atomic E-state index is 12.3. The van der Waals surface area contributed by atoms with Gasteiger partial charge in [0.15, 0.2) is 0 Å². The summed E-state index contributed by atoms with van der Waals surface area (Å²) in [6, 6.07) is 10.1. The summed E-state index contributed by atoms with van der Waals surface area (Å²) in [6.07, 6.45) is 0. The number of benzene rings is 1. The summed E-state index contributed by atoms with van der Waals surface area (Å²) in [6.45, 7) is 9.05. The van der Waals surface area contributed by atoms with E-state index in [0.717, 1.165) is 30.9 Å². The van der Waals surface area contributed by atoms with Gasteiger partial charge in [0.2, 0.25) is 5.91 Å². The van der Waals surface area contributed by atoms with Crippen LogP contribution in [0.15, 0.2) is 41.1 Å². The third kappa shape index (κ3) is 5.96.